The minimum absolute atomic E-state index is 0.213. The minimum atomic E-state index is -0.213. The van der Waals surface area contributed by atoms with E-state index in [1.807, 2.05) is 31.2 Å². The van der Waals surface area contributed by atoms with Gasteiger partial charge in [-0.3, -0.25) is 4.79 Å². The summed E-state index contributed by atoms with van der Waals surface area (Å²) in [6, 6.07) is 11.5. The second-order valence-corrected chi connectivity index (χ2v) is 6.02. The van der Waals surface area contributed by atoms with Crippen LogP contribution in [0, 0.1) is 12.8 Å². The second kappa shape index (κ2) is 8.27. The lowest BCUT2D eigenvalue weighted by atomic mass is 10.1. The number of aryl methyl sites for hydroxylation is 1. The smallest absolute Gasteiger partial charge is 0.272 e. The van der Waals surface area contributed by atoms with Crippen molar-refractivity contribution in [3.05, 3.63) is 53.2 Å². The average Bonchev–Trinajstić information content (AvgIpc) is 2.54. The summed E-state index contributed by atoms with van der Waals surface area (Å²) in [4.78, 5) is 12.1. The number of hydrogen-bond donors (Lipinski definition) is 2. The van der Waals surface area contributed by atoms with Crippen LogP contribution in [0.15, 0.2) is 36.4 Å². The van der Waals surface area contributed by atoms with E-state index in [0.717, 1.165) is 24.1 Å². The van der Waals surface area contributed by atoms with Gasteiger partial charge < -0.3 is 10.6 Å². The van der Waals surface area contributed by atoms with Gasteiger partial charge in [0.25, 0.3) is 5.91 Å². The van der Waals surface area contributed by atoms with Gasteiger partial charge in [0.15, 0.2) is 5.69 Å². The van der Waals surface area contributed by atoms with Gasteiger partial charge in [0.1, 0.15) is 5.82 Å². The number of aromatic nitrogens is 2. The number of benzene rings is 1. The van der Waals surface area contributed by atoms with Crippen LogP contribution >= 0.6 is 0 Å². The summed E-state index contributed by atoms with van der Waals surface area (Å²) in [6.45, 7) is 7.72. The zero-order chi connectivity index (χ0) is 16.7. The Morgan fingerprint density at radius 3 is 2.57 bits per heavy atom. The highest BCUT2D eigenvalue weighted by Gasteiger charge is 2.08. The van der Waals surface area contributed by atoms with E-state index in [1.54, 1.807) is 12.1 Å². The summed E-state index contributed by atoms with van der Waals surface area (Å²) < 4.78 is 0. The van der Waals surface area contributed by atoms with Crippen LogP contribution in [-0.2, 0) is 6.54 Å². The Kier molecular flexibility index (Phi) is 6.09. The van der Waals surface area contributed by atoms with Gasteiger partial charge >= 0.3 is 0 Å². The standard InChI is InChI=1S/C18H24N4O/c1-13(2)10-11-19-17-9-8-16(21-22-17)18(23)20-12-15-7-5-4-6-14(15)3/h4-9,13H,10-12H2,1-3H3,(H,19,22)(H,20,23). The number of anilines is 1. The summed E-state index contributed by atoms with van der Waals surface area (Å²) in [6.07, 6.45) is 1.07. The molecule has 0 atom stereocenters. The van der Waals surface area contributed by atoms with Gasteiger partial charge in [-0.25, -0.2) is 0 Å². The fourth-order valence-electron chi connectivity index (χ4n) is 2.11. The summed E-state index contributed by atoms with van der Waals surface area (Å²) in [5.41, 5.74) is 2.58. The molecule has 23 heavy (non-hydrogen) atoms. The predicted molar refractivity (Wildman–Crippen MR) is 92.3 cm³/mol. The minimum Gasteiger partial charge on any atom is -0.369 e. The van der Waals surface area contributed by atoms with Crippen LogP contribution in [0.3, 0.4) is 0 Å². The number of rotatable bonds is 7. The number of nitrogens with one attached hydrogen (secondary N) is 2. The predicted octanol–water partition coefficient (Wildman–Crippen LogP) is 3.17. The Balaban J connectivity index is 1.86. The SMILES string of the molecule is Cc1ccccc1CNC(=O)c1ccc(NCCC(C)C)nn1. The lowest BCUT2D eigenvalue weighted by Gasteiger charge is -2.08. The third kappa shape index (κ3) is 5.36. The van der Waals surface area contributed by atoms with E-state index >= 15 is 0 Å². The van der Waals surface area contributed by atoms with Crippen molar-refractivity contribution < 1.29 is 4.79 Å². The van der Waals surface area contributed by atoms with E-state index in [1.165, 1.54) is 0 Å². The van der Waals surface area contributed by atoms with Crippen molar-refractivity contribution in [3.63, 3.8) is 0 Å². The molecule has 0 spiro atoms. The van der Waals surface area contributed by atoms with Crippen molar-refractivity contribution in [2.45, 2.75) is 33.7 Å². The Bertz CT molecular complexity index is 638. The van der Waals surface area contributed by atoms with Crippen molar-refractivity contribution in [1.29, 1.82) is 0 Å². The van der Waals surface area contributed by atoms with E-state index in [4.69, 9.17) is 0 Å². The van der Waals surface area contributed by atoms with Gasteiger partial charge in [0.2, 0.25) is 0 Å². The highest BCUT2D eigenvalue weighted by molar-refractivity contribution is 5.92. The monoisotopic (exact) mass is 312 g/mol. The summed E-state index contributed by atoms with van der Waals surface area (Å²) in [7, 11) is 0. The van der Waals surface area contributed by atoms with Crippen molar-refractivity contribution in [2.75, 3.05) is 11.9 Å². The van der Waals surface area contributed by atoms with E-state index in [9.17, 15) is 4.79 Å². The molecule has 2 N–H and O–H groups in total. The Hall–Kier alpha value is -2.43. The first-order valence-corrected chi connectivity index (χ1v) is 7.96. The van der Waals surface area contributed by atoms with Gasteiger partial charge in [-0.1, -0.05) is 38.1 Å². The molecule has 122 valence electrons. The van der Waals surface area contributed by atoms with E-state index in [0.29, 0.717) is 24.0 Å². The Morgan fingerprint density at radius 1 is 1.13 bits per heavy atom. The molecule has 0 aliphatic heterocycles. The third-order valence-electron chi connectivity index (χ3n) is 3.63. The molecule has 2 rings (SSSR count). The molecule has 0 fully saturated rings. The largest absolute Gasteiger partial charge is 0.369 e. The van der Waals surface area contributed by atoms with Crippen LogP contribution in [0.5, 0.6) is 0 Å². The molecule has 0 saturated heterocycles. The molecule has 1 aromatic carbocycles. The average molecular weight is 312 g/mol. The normalized spacial score (nSPS) is 10.6. The molecule has 0 saturated carbocycles. The summed E-state index contributed by atoms with van der Waals surface area (Å²) in [5, 5.41) is 14.1. The molecule has 0 bridgehead atoms. The number of amides is 1. The molecule has 0 radical (unpaired) electrons. The van der Waals surface area contributed by atoms with Crippen LogP contribution < -0.4 is 10.6 Å². The summed E-state index contributed by atoms with van der Waals surface area (Å²) >= 11 is 0. The molecule has 1 heterocycles. The Morgan fingerprint density at radius 2 is 1.91 bits per heavy atom. The van der Waals surface area contributed by atoms with Crippen molar-refractivity contribution >= 4 is 11.7 Å². The van der Waals surface area contributed by atoms with Gasteiger partial charge in [-0.2, -0.15) is 0 Å². The van der Waals surface area contributed by atoms with Crippen molar-refractivity contribution in [3.8, 4) is 0 Å². The maximum atomic E-state index is 12.1. The topological polar surface area (TPSA) is 66.9 Å². The fourth-order valence-corrected chi connectivity index (χ4v) is 2.11. The number of hydrogen-bond acceptors (Lipinski definition) is 4. The maximum Gasteiger partial charge on any atom is 0.272 e. The first-order chi connectivity index (χ1) is 11.1. The van der Waals surface area contributed by atoms with Gasteiger partial charge in [0.05, 0.1) is 0 Å². The Labute approximate surface area is 137 Å². The van der Waals surface area contributed by atoms with Crippen molar-refractivity contribution in [2.24, 2.45) is 5.92 Å². The molecule has 1 aromatic heterocycles. The van der Waals surface area contributed by atoms with Gasteiger partial charge in [-0.15, -0.1) is 10.2 Å². The molecular weight excluding hydrogens is 288 g/mol. The third-order valence-corrected chi connectivity index (χ3v) is 3.63. The highest BCUT2D eigenvalue weighted by atomic mass is 16.1. The molecule has 5 heteroatoms. The van der Waals surface area contributed by atoms with Crippen LogP contribution in [0.4, 0.5) is 5.82 Å². The first kappa shape index (κ1) is 16.9. The lowest BCUT2D eigenvalue weighted by molar-refractivity contribution is 0.0945. The number of carbonyl (C=O) groups excluding carboxylic acids is 1. The van der Waals surface area contributed by atoms with Crippen LogP contribution in [0.1, 0.15) is 41.9 Å². The molecule has 1 amide bonds. The van der Waals surface area contributed by atoms with Crippen molar-refractivity contribution in [1.82, 2.24) is 15.5 Å². The fraction of sp³-hybridized carbons (Fsp3) is 0.389. The molecule has 2 aromatic rings. The summed E-state index contributed by atoms with van der Waals surface area (Å²) in [5.74, 6) is 1.12. The lowest BCUT2D eigenvalue weighted by Crippen LogP contribution is -2.24. The molecular formula is C18H24N4O. The quantitative estimate of drug-likeness (QED) is 0.824. The van der Waals surface area contributed by atoms with Gasteiger partial charge in [-0.05, 0) is 42.5 Å². The van der Waals surface area contributed by atoms with Crippen LogP contribution in [0.25, 0.3) is 0 Å². The molecule has 0 aliphatic carbocycles. The first-order valence-electron chi connectivity index (χ1n) is 7.96. The number of nitrogens with zero attached hydrogens (tertiary/aromatic N) is 2. The van der Waals surface area contributed by atoms with E-state index in [-0.39, 0.29) is 5.91 Å². The second-order valence-electron chi connectivity index (χ2n) is 6.02. The molecule has 0 aliphatic rings. The molecule has 5 nitrogen and oxygen atoms in total. The maximum absolute atomic E-state index is 12.1. The number of carbonyl (C=O) groups is 1. The molecule has 0 unspecified atom stereocenters. The van der Waals surface area contributed by atoms with Crippen LogP contribution in [-0.4, -0.2) is 22.6 Å². The van der Waals surface area contributed by atoms with E-state index < -0.39 is 0 Å². The van der Waals surface area contributed by atoms with Crippen LogP contribution in [0.2, 0.25) is 0 Å². The zero-order valence-electron chi connectivity index (χ0n) is 14.0. The van der Waals surface area contributed by atoms with Gasteiger partial charge in [0, 0.05) is 13.1 Å². The zero-order valence-corrected chi connectivity index (χ0v) is 14.0. The highest BCUT2D eigenvalue weighted by Crippen LogP contribution is 2.07. The van der Waals surface area contributed by atoms with E-state index in [2.05, 4.69) is 34.7 Å².